The van der Waals surface area contributed by atoms with Crippen molar-refractivity contribution < 1.29 is 17.9 Å². The highest BCUT2D eigenvalue weighted by Gasteiger charge is 2.18. The fourth-order valence-corrected chi connectivity index (χ4v) is 2.75. The summed E-state index contributed by atoms with van der Waals surface area (Å²) in [5, 5.41) is 11.4. The first-order valence-corrected chi connectivity index (χ1v) is 10.8. The van der Waals surface area contributed by atoms with Crippen molar-refractivity contribution in [1.29, 1.82) is 0 Å². The van der Waals surface area contributed by atoms with E-state index in [0.717, 1.165) is 12.0 Å². The molecule has 0 bridgehead atoms. The van der Waals surface area contributed by atoms with Gasteiger partial charge >= 0.3 is 0 Å². The number of rotatable bonds is 10. The summed E-state index contributed by atoms with van der Waals surface area (Å²) in [6, 6.07) is 6.22. The first-order valence-electron chi connectivity index (χ1n) is 9.27. The summed E-state index contributed by atoms with van der Waals surface area (Å²) in [7, 11) is 1.33. The molecule has 0 spiro atoms. The molecule has 172 valence electrons. The Bertz CT molecular complexity index is 796. The zero-order valence-electron chi connectivity index (χ0n) is 18.3. The highest BCUT2D eigenvalue weighted by atomic mass is 127. The molecule has 30 heavy (non-hydrogen) atoms. The van der Waals surface area contributed by atoms with Gasteiger partial charge in [-0.3, -0.25) is 4.79 Å². The van der Waals surface area contributed by atoms with Crippen LogP contribution in [0.1, 0.15) is 25.8 Å². The van der Waals surface area contributed by atoms with Gasteiger partial charge in [-0.2, -0.15) is 0 Å². The lowest BCUT2D eigenvalue weighted by Crippen LogP contribution is -2.45. The number of guanidine groups is 1. The number of halogens is 1. The third-order valence-corrected chi connectivity index (χ3v) is 5.22. The summed E-state index contributed by atoms with van der Waals surface area (Å²) in [6.07, 6.45) is 0.870. The molecule has 1 aromatic rings. The van der Waals surface area contributed by atoms with Gasteiger partial charge in [0.05, 0.1) is 18.0 Å². The third kappa shape index (κ3) is 11.1. The molecule has 0 unspecified atom stereocenters. The summed E-state index contributed by atoms with van der Waals surface area (Å²) in [4.78, 5) is 18.0. The van der Waals surface area contributed by atoms with E-state index in [1.807, 2.05) is 0 Å². The van der Waals surface area contributed by atoms with Gasteiger partial charge in [0.15, 0.2) is 5.96 Å². The molecule has 1 amide bonds. The minimum Gasteiger partial charge on any atom is -0.385 e. The molecule has 0 aromatic heterocycles. The molecule has 0 aliphatic carbocycles. The zero-order chi connectivity index (χ0) is 22.1. The molecular formula is C19H34IN5O4S. The molecule has 0 fully saturated rings. The monoisotopic (exact) mass is 555 g/mol. The number of benzene rings is 1. The Morgan fingerprint density at radius 2 is 1.80 bits per heavy atom. The average molecular weight is 555 g/mol. The minimum atomic E-state index is -3.72. The number of ether oxygens (including phenoxy) is 1. The molecule has 4 N–H and O–H groups in total. The van der Waals surface area contributed by atoms with E-state index in [0.29, 0.717) is 25.7 Å². The van der Waals surface area contributed by atoms with Crippen LogP contribution in [-0.4, -0.2) is 66.1 Å². The predicted octanol–water partition coefficient (Wildman–Crippen LogP) is 1.14. The smallest absolute Gasteiger partial charge is 0.241 e. The van der Waals surface area contributed by atoms with E-state index in [-0.39, 0.29) is 46.7 Å². The molecule has 0 atom stereocenters. The van der Waals surface area contributed by atoms with Crippen molar-refractivity contribution in [3.05, 3.63) is 29.8 Å². The van der Waals surface area contributed by atoms with Crippen LogP contribution in [0.5, 0.6) is 0 Å². The summed E-state index contributed by atoms with van der Waals surface area (Å²) < 4.78 is 27.9. The third-order valence-electron chi connectivity index (χ3n) is 4.29. The van der Waals surface area contributed by atoms with Gasteiger partial charge in [0.2, 0.25) is 15.9 Å². The number of carbonyl (C=O) groups is 1. The highest BCUT2D eigenvalue weighted by molar-refractivity contribution is 14.0. The molecule has 0 aliphatic rings. The Labute approximate surface area is 196 Å². The molecule has 0 radical (unpaired) electrons. The van der Waals surface area contributed by atoms with Gasteiger partial charge in [-0.25, -0.2) is 18.5 Å². The van der Waals surface area contributed by atoms with Crippen molar-refractivity contribution in [3.63, 3.8) is 0 Å². The number of aliphatic imine (C=N–C) groups is 1. The van der Waals surface area contributed by atoms with Gasteiger partial charge in [-0.05, 0) is 29.5 Å². The largest absolute Gasteiger partial charge is 0.385 e. The molecule has 9 nitrogen and oxygen atoms in total. The number of primary sulfonamides is 1. The number of carbonyl (C=O) groups excluding carboxylic acids is 1. The summed E-state index contributed by atoms with van der Waals surface area (Å²) in [5.74, 6) is 0.428. The van der Waals surface area contributed by atoms with Crippen LogP contribution in [0, 0.1) is 5.41 Å². The molecule has 1 aromatic carbocycles. The lowest BCUT2D eigenvalue weighted by molar-refractivity contribution is -0.127. The maximum atomic E-state index is 11.9. The van der Waals surface area contributed by atoms with Crippen LogP contribution in [0.2, 0.25) is 0 Å². The predicted molar refractivity (Wildman–Crippen MR) is 129 cm³/mol. The Morgan fingerprint density at radius 1 is 1.20 bits per heavy atom. The van der Waals surface area contributed by atoms with Crippen LogP contribution >= 0.6 is 24.0 Å². The van der Waals surface area contributed by atoms with Crippen molar-refractivity contribution >= 4 is 45.9 Å². The fourth-order valence-electron chi connectivity index (χ4n) is 2.24. The number of nitrogens with one attached hydrogen (secondary N) is 2. The van der Waals surface area contributed by atoms with E-state index in [1.54, 1.807) is 33.3 Å². The molecule has 0 saturated heterocycles. The molecule has 11 heteroatoms. The second-order valence-corrected chi connectivity index (χ2v) is 9.32. The van der Waals surface area contributed by atoms with Crippen LogP contribution in [0.15, 0.2) is 34.2 Å². The molecule has 0 saturated carbocycles. The van der Waals surface area contributed by atoms with E-state index >= 15 is 0 Å². The Hall–Kier alpha value is -1.44. The summed E-state index contributed by atoms with van der Waals surface area (Å²) in [6.45, 7) is 5.96. The van der Waals surface area contributed by atoms with Crippen molar-refractivity contribution in [1.82, 2.24) is 15.5 Å². The number of methoxy groups -OCH3 is 1. The SMILES string of the molecule is COCCC(C)(C)CNC(=NCc1ccc(S(N)(=O)=O)cc1)NCC(=O)N(C)C.I. The van der Waals surface area contributed by atoms with Gasteiger partial charge in [-0.1, -0.05) is 26.0 Å². The van der Waals surface area contributed by atoms with E-state index in [2.05, 4.69) is 29.5 Å². The van der Waals surface area contributed by atoms with Gasteiger partial charge in [0.25, 0.3) is 0 Å². The number of sulfonamides is 1. The van der Waals surface area contributed by atoms with E-state index < -0.39 is 10.0 Å². The number of hydrogen-bond acceptors (Lipinski definition) is 5. The van der Waals surface area contributed by atoms with Crippen molar-refractivity contribution in [3.8, 4) is 0 Å². The van der Waals surface area contributed by atoms with Crippen molar-refractivity contribution in [2.24, 2.45) is 15.5 Å². The maximum Gasteiger partial charge on any atom is 0.241 e. The maximum absolute atomic E-state index is 11.9. The highest BCUT2D eigenvalue weighted by Crippen LogP contribution is 2.18. The van der Waals surface area contributed by atoms with Gasteiger partial charge in [0.1, 0.15) is 0 Å². The van der Waals surface area contributed by atoms with Crippen LogP contribution in [0.4, 0.5) is 0 Å². The normalized spacial score (nSPS) is 12.1. The molecule has 0 heterocycles. The Balaban J connectivity index is 0.00000841. The molecule has 0 aliphatic heterocycles. The molecular weight excluding hydrogens is 521 g/mol. The second kappa shape index (κ2) is 13.1. The van der Waals surface area contributed by atoms with Gasteiger partial charge in [-0.15, -0.1) is 24.0 Å². The van der Waals surface area contributed by atoms with Crippen LogP contribution < -0.4 is 15.8 Å². The van der Waals surface area contributed by atoms with Crippen LogP contribution in [-0.2, 0) is 26.1 Å². The Kier molecular flexibility index (Phi) is 12.4. The topological polar surface area (TPSA) is 126 Å². The number of likely N-dealkylation sites (N-methyl/N-ethyl adjacent to an activating group) is 1. The standard InChI is InChI=1S/C19H33N5O4S.HI/c1-19(2,10-11-28-5)14-23-18(22-13-17(25)24(3)4)21-12-15-6-8-16(9-7-15)29(20,26)27;/h6-9H,10-14H2,1-5H3,(H2,20,26,27)(H2,21,22,23);1H. The van der Waals surface area contributed by atoms with Gasteiger partial charge in [0, 0.05) is 34.4 Å². The van der Waals surface area contributed by atoms with E-state index in [1.165, 1.54) is 17.0 Å². The van der Waals surface area contributed by atoms with E-state index in [9.17, 15) is 13.2 Å². The lowest BCUT2D eigenvalue weighted by atomic mass is 9.90. The average Bonchev–Trinajstić information content (AvgIpc) is 2.65. The van der Waals surface area contributed by atoms with Gasteiger partial charge < -0.3 is 20.3 Å². The fraction of sp³-hybridized carbons (Fsp3) is 0.579. The summed E-state index contributed by atoms with van der Waals surface area (Å²) >= 11 is 0. The Morgan fingerprint density at radius 3 is 2.30 bits per heavy atom. The second-order valence-electron chi connectivity index (χ2n) is 7.76. The van der Waals surface area contributed by atoms with Crippen molar-refractivity contribution in [2.75, 3.05) is 40.9 Å². The number of hydrogen-bond donors (Lipinski definition) is 3. The number of nitrogens with zero attached hydrogens (tertiary/aromatic N) is 2. The quantitative estimate of drug-likeness (QED) is 0.226. The zero-order valence-corrected chi connectivity index (χ0v) is 21.4. The first-order chi connectivity index (χ1) is 13.4. The minimum absolute atomic E-state index is 0. The lowest BCUT2D eigenvalue weighted by Gasteiger charge is -2.26. The number of amides is 1. The van der Waals surface area contributed by atoms with Crippen LogP contribution in [0.3, 0.4) is 0 Å². The molecule has 1 rings (SSSR count). The van der Waals surface area contributed by atoms with E-state index in [4.69, 9.17) is 9.88 Å². The number of nitrogens with two attached hydrogens (primary N) is 1. The first kappa shape index (κ1) is 28.6. The summed E-state index contributed by atoms with van der Waals surface area (Å²) in [5.41, 5.74) is 0.789. The van der Waals surface area contributed by atoms with Crippen LogP contribution in [0.25, 0.3) is 0 Å². The van der Waals surface area contributed by atoms with Crippen molar-refractivity contribution in [2.45, 2.75) is 31.7 Å².